The maximum absolute atomic E-state index is 11.4. The molecular formula is C10H22OP. The molecular weight excluding hydrogens is 167 g/mol. The lowest BCUT2D eigenvalue weighted by Crippen LogP contribution is -1.94. The highest BCUT2D eigenvalue weighted by atomic mass is 31.1. The molecule has 73 valence electrons. The molecule has 0 saturated carbocycles. The summed E-state index contributed by atoms with van der Waals surface area (Å²) in [6.07, 6.45) is 4.10. The molecule has 0 aromatic heterocycles. The normalized spacial score (nSPS) is 11.2. The Bertz CT molecular complexity index is 116. The molecule has 0 fully saturated rings. The smallest absolute Gasteiger partial charge is 0.0718 e. The first-order valence-corrected chi connectivity index (χ1v) is 6.57. The molecule has 0 rings (SSSR count). The summed E-state index contributed by atoms with van der Waals surface area (Å²) in [6.45, 7) is 8.74. The van der Waals surface area contributed by atoms with Crippen LogP contribution in [0.25, 0.3) is 0 Å². The van der Waals surface area contributed by atoms with Gasteiger partial charge in [-0.2, -0.15) is 0 Å². The Morgan fingerprint density at radius 1 is 0.917 bits per heavy atom. The summed E-state index contributed by atoms with van der Waals surface area (Å²) >= 11 is 0. The molecule has 0 N–H and O–H groups in total. The van der Waals surface area contributed by atoms with Crippen LogP contribution in [0, 0.1) is 11.8 Å². The molecule has 0 aliphatic rings. The number of hydrogen-bond acceptors (Lipinski definition) is 1. The van der Waals surface area contributed by atoms with E-state index >= 15 is 0 Å². The maximum atomic E-state index is 11.4. The first-order chi connectivity index (χ1) is 5.52. The summed E-state index contributed by atoms with van der Waals surface area (Å²) in [5, 5.41) is 0. The molecule has 0 aromatic rings. The molecule has 0 aliphatic carbocycles. The van der Waals surface area contributed by atoms with Crippen LogP contribution in [0.2, 0.25) is 0 Å². The fourth-order valence-corrected chi connectivity index (χ4v) is 2.75. The van der Waals surface area contributed by atoms with Crippen LogP contribution in [-0.4, -0.2) is 12.3 Å². The molecule has 0 amide bonds. The van der Waals surface area contributed by atoms with Crippen molar-refractivity contribution in [3.63, 3.8) is 0 Å². The minimum atomic E-state index is -0.896. The molecule has 1 radical (unpaired) electrons. The molecule has 0 atom stereocenters. The largest absolute Gasteiger partial charge is 0.287 e. The average Bonchev–Trinajstić information content (AvgIpc) is 1.96. The van der Waals surface area contributed by atoms with E-state index in [9.17, 15) is 4.57 Å². The molecule has 0 saturated heterocycles. The van der Waals surface area contributed by atoms with E-state index in [0.717, 1.165) is 25.2 Å². The first-order valence-electron chi connectivity index (χ1n) is 4.94. The van der Waals surface area contributed by atoms with Gasteiger partial charge in [0.25, 0.3) is 0 Å². The Morgan fingerprint density at radius 2 is 1.25 bits per heavy atom. The van der Waals surface area contributed by atoms with Gasteiger partial charge < -0.3 is 0 Å². The van der Waals surface area contributed by atoms with Crippen LogP contribution in [0.3, 0.4) is 0 Å². The lowest BCUT2D eigenvalue weighted by Gasteiger charge is -2.05. The quantitative estimate of drug-likeness (QED) is 0.579. The third kappa shape index (κ3) is 8.20. The van der Waals surface area contributed by atoms with E-state index in [1.807, 2.05) is 0 Å². The van der Waals surface area contributed by atoms with Gasteiger partial charge in [-0.3, -0.25) is 4.57 Å². The van der Waals surface area contributed by atoms with Crippen LogP contribution >= 0.6 is 7.80 Å². The summed E-state index contributed by atoms with van der Waals surface area (Å²) in [7, 11) is -0.896. The van der Waals surface area contributed by atoms with Crippen molar-refractivity contribution in [2.45, 2.75) is 40.5 Å². The highest BCUT2D eigenvalue weighted by molar-refractivity contribution is 7.44. The second kappa shape index (κ2) is 6.60. The Labute approximate surface area is 77.7 Å². The molecule has 2 heteroatoms. The van der Waals surface area contributed by atoms with E-state index in [-0.39, 0.29) is 0 Å². The van der Waals surface area contributed by atoms with Crippen molar-refractivity contribution in [2.75, 3.05) is 12.3 Å². The second-order valence-corrected chi connectivity index (χ2v) is 6.15. The van der Waals surface area contributed by atoms with Crippen LogP contribution in [0.5, 0.6) is 0 Å². The Hall–Kier alpha value is 0.100. The molecule has 0 bridgehead atoms. The van der Waals surface area contributed by atoms with Crippen molar-refractivity contribution >= 4 is 7.80 Å². The monoisotopic (exact) mass is 189 g/mol. The Morgan fingerprint density at radius 3 is 1.50 bits per heavy atom. The van der Waals surface area contributed by atoms with Crippen molar-refractivity contribution in [2.24, 2.45) is 11.8 Å². The van der Waals surface area contributed by atoms with E-state index in [0.29, 0.717) is 11.8 Å². The summed E-state index contributed by atoms with van der Waals surface area (Å²) in [5.74, 6) is 1.39. The lowest BCUT2D eigenvalue weighted by molar-refractivity contribution is 0.563. The van der Waals surface area contributed by atoms with Crippen molar-refractivity contribution in [3.05, 3.63) is 0 Å². The molecule has 0 aliphatic heterocycles. The standard InChI is InChI=1S/C10H22OP/c1-9(2)5-7-12(11)8-6-10(3)4/h9-10H,5-8H2,1-4H3. The predicted molar refractivity (Wildman–Crippen MR) is 56.3 cm³/mol. The minimum Gasteiger partial charge on any atom is -0.287 e. The van der Waals surface area contributed by atoms with Gasteiger partial charge in [-0.05, 0) is 24.7 Å². The van der Waals surface area contributed by atoms with Gasteiger partial charge in [-0.25, -0.2) is 0 Å². The van der Waals surface area contributed by atoms with Crippen LogP contribution < -0.4 is 0 Å². The number of hydrogen-bond donors (Lipinski definition) is 0. The molecule has 0 spiro atoms. The summed E-state index contributed by atoms with van der Waals surface area (Å²) in [6, 6.07) is 0. The Balaban J connectivity index is 3.34. The van der Waals surface area contributed by atoms with Gasteiger partial charge in [0.2, 0.25) is 0 Å². The first kappa shape index (κ1) is 12.1. The van der Waals surface area contributed by atoms with E-state index in [4.69, 9.17) is 0 Å². The van der Waals surface area contributed by atoms with Crippen LogP contribution in [0.1, 0.15) is 40.5 Å². The van der Waals surface area contributed by atoms with Crippen molar-refractivity contribution < 1.29 is 4.57 Å². The zero-order chi connectivity index (χ0) is 9.56. The van der Waals surface area contributed by atoms with Crippen LogP contribution in [-0.2, 0) is 4.57 Å². The number of rotatable bonds is 6. The third-order valence-corrected chi connectivity index (χ3v) is 3.43. The van der Waals surface area contributed by atoms with Crippen molar-refractivity contribution in [1.29, 1.82) is 0 Å². The van der Waals surface area contributed by atoms with Gasteiger partial charge >= 0.3 is 0 Å². The molecule has 0 aromatic carbocycles. The summed E-state index contributed by atoms with van der Waals surface area (Å²) in [5.41, 5.74) is 0. The van der Waals surface area contributed by atoms with Crippen molar-refractivity contribution in [3.8, 4) is 0 Å². The fourth-order valence-electron chi connectivity index (χ4n) is 0.916. The zero-order valence-electron chi connectivity index (χ0n) is 8.84. The minimum absolute atomic E-state index is 0.697. The second-order valence-electron chi connectivity index (χ2n) is 4.29. The topological polar surface area (TPSA) is 17.1 Å². The molecule has 12 heavy (non-hydrogen) atoms. The Kier molecular flexibility index (Phi) is 6.65. The van der Waals surface area contributed by atoms with Crippen LogP contribution in [0.15, 0.2) is 0 Å². The molecule has 0 heterocycles. The van der Waals surface area contributed by atoms with E-state index in [2.05, 4.69) is 27.7 Å². The van der Waals surface area contributed by atoms with Crippen LogP contribution in [0.4, 0.5) is 0 Å². The molecule has 1 nitrogen and oxygen atoms in total. The van der Waals surface area contributed by atoms with Gasteiger partial charge in [0.1, 0.15) is 0 Å². The van der Waals surface area contributed by atoms with Gasteiger partial charge in [-0.15, -0.1) is 0 Å². The summed E-state index contributed by atoms with van der Waals surface area (Å²) in [4.78, 5) is 0. The summed E-state index contributed by atoms with van der Waals surface area (Å²) < 4.78 is 11.4. The molecule has 0 unspecified atom stereocenters. The predicted octanol–water partition coefficient (Wildman–Crippen LogP) is 3.91. The highest BCUT2D eigenvalue weighted by Gasteiger charge is 2.03. The van der Waals surface area contributed by atoms with E-state index in [1.165, 1.54) is 0 Å². The van der Waals surface area contributed by atoms with Crippen molar-refractivity contribution in [1.82, 2.24) is 0 Å². The highest BCUT2D eigenvalue weighted by Crippen LogP contribution is 2.25. The third-order valence-electron chi connectivity index (χ3n) is 1.91. The van der Waals surface area contributed by atoms with E-state index in [1.54, 1.807) is 0 Å². The lowest BCUT2D eigenvalue weighted by atomic mass is 10.2. The van der Waals surface area contributed by atoms with Gasteiger partial charge in [0.15, 0.2) is 0 Å². The SMILES string of the molecule is CC(C)CC[P](=O)CCC(C)C. The zero-order valence-corrected chi connectivity index (χ0v) is 9.73. The van der Waals surface area contributed by atoms with Gasteiger partial charge in [-0.1, -0.05) is 27.7 Å². The van der Waals surface area contributed by atoms with Gasteiger partial charge in [0, 0.05) is 12.3 Å². The van der Waals surface area contributed by atoms with E-state index < -0.39 is 7.80 Å². The fraction of sp³-hybridized carbons (Fsp3) is 1.00. The maximum Gasteiger partial charge on any atom is 0.0718 e. The van der Waals surface area contributed by atoms with Gasteiger partial charge in [0.05, 0.1) is 7.80 Å². The average molecular weight is 189 g/mol.